The number of halogens is 1. The fourth-order valence-corrected chi connectivity index (χ4v) is 3.62. The number of fused-ring (bicyclic) bond motifs is 1. The van der Waals surface area contributed by atoms with Gasteiger partial charge in [0.2, 0.25) is 0 Å². The maximum absolute atomic E-state index is 13.4. The largest absolute Gasteiger partial charge is 0.373 e. The Morgan fingerprint density at radius 2 is 2.00 bits per heavy atom. The number of carbonyl (C=O) groups excluding carboxylic acids is 1. The molecule has 2 heterocycles. The molecule has 0 bridgehead atoms. The number of carbonyl (C=O) groups is 1. The molecular weight excluding hydrogens is 367 g/mol. The Bertz CT molecular complexity index is 992. The van der Waals surface area contributed by atoms with Gasteiger partial charge in [0.1, 0.15) is 5.82 Å². The fraction of sp³-hybridized carbons (Fsp3) is 0.217. The topological polar surface area (TPSA) is 57.3 Å². The monoisotopic (exact) mass is 390 g/mol. The summed E-state index contributed by atoms with van der Waals surface area (Å²) in [6.45, 7) is 3.17. The standard InChI is InChI=1S/C23H23FN4O/c1-2-25-23(29)28-13-12-16-8-10-19(14-21(16)28)27-22(17-6-4-3-5-7-17)20-11-9-18(24)15-26-20/h3-11,14-15,22,27H,2,12-13H2,1H3,(H,25,29). The smallest absolute Gasteiger partial charge is 0.321 e. The third-order valence-corrected chi connectivity index (χ3v) is 5.04. The van der Waals surface area contributed by atoms with Gasteiger partial charge in [-0.2, -0.15) is 0 Å². The van der Waals surface area contributed by atoms with E-state index < -0.39 is 0 Å². The van der Waals surface area contributed by atoms with Crippen LogP contribution in [0.2, 0.25) is 0 Å². The number of nitrogens with zero attached hydrogens (tertiary/aromatic N) is 2. The summed E-state index contributed by atoms with van der Waals surface area (Å²) in [7, 11) is 0. The van der Waals surface area contributed by atoms with Gasteiger partial charge in [0.05, 0.1) is 23.6 Å². The first-order chi connectivity index (χ1) is 14.2. The molecule has 1 atom stereocenters. The number of rotatable bonds is 5. The predicted octanol–water partition coefficient (Wildman–Crippen LogP) is 4.51. The van der Waals surface area contributed by atoms with Crippen molar-refractivity contribution in [3.8, 4) is 0 Å². The van der Waals surface area contributed by atoms with Gasteiger partial charge in [-0.15, -0.1) is 0 Å². The first-order valence-electron chi connectivity index (χ1n) is 9.77. The number of nitrogens with one attached hydrogen (secondary N) is 2. The van der Waals surface area contributed by atoms with Crippen LogP contribution >= 0.6 is 0 Å². The van der Waals surface area contributed by atoms with Crippen LogP contribution in [0, 0.1) is 5.82 Å². The van der Waals surface area contributed by atoms with Gasteiger partial charge in [0.25, 0.3) is 0 Å². The molecule has 2 aromatic carbocycles. The molecule has 1 aromatic heterocycles. The van der Waals surface area contributed by atoms with E-state index in [4.69, 9.17) is 0 Å². The molecule has 1 aliphatic rings. The van der Waals surface area contributed by atoms with Crippen LogP contribution in [0.15, 0.2) is 66.9 Å². The lowest BCUT2D eigenvalue weighted by atomic mass is 10.0. The normalized spacial score (nSPS) is 13.7. The van der Waals surface area contributed by atoms with E-state index in [0.29, 0.717) is 13.1 Å². The van der Waals surface area contributed by atoms with Crippen molar-refractivity contribution in [2.45, 2.75) is 19.4 Å². The van der Waals surface area contributed by atoms with Gasteiger partial charge < -0.3 is 10.6 Å². The molecule has 148 valence electrons. The minimum absolute atomic E-state index is 0.0804. The third kappa shape index (κ3) is 4.06. The van der Waals surface area contributed by atoms with Crippen LogP contribution in [0.5, 0.6) is 0 Å². The van der Waals surface area contributed by atoms with Gasteiger partial charge in [-0.1, -0.05) is 36.4 Å². The van der Waals surface area contributed by atoms with Gasteiger partial charge in [-0.05, 0) is 48.7 Å². The number of benzene rings is 2. The number of anilines is 2. The molecule has 3 aromatic rings. The van der Waals surface area contributed by atoms with Crippen molar-refractivity contribution in [2.75, 3.05) is 23.3 Å². The second-order valence-corrected chi connectivity index (χ2v) is 6.97. The van der Waals surface area contributed by atoms with E-state index in [1.54, 1.807) is 11.0 Å². The van der Waals surface area contributed by atoms with Gasteiger partial charge in [-0.3, -0.25) is 9.88 Å². The molecule has 6 heteroatoms. The Hall–Kier alpha value is -3.41. The number of pyridine rings is 1. The molecular formula is C23H23FN4O. The highest BCUT2D eigenvalue weighted by molar-refractivity contribution is 5.94. The van der Waals surface area contributed by atoms with Crippen LogP contribution in [0.3, 0.4) is 0 Å². The fourth-order valence-electron chi connectivity index (χ4n) is 3.62. The van der Waals surface area contributed by atoms with E-state index >= 15 is 0 Å². The van der Waals surface area contributed by atoms with Crippen molar-refractivity contribution in [2.24, 2.45) is 0 Å². The quantitative estimate of drug-likeness (QED) is 0.674. The van der Waals surface area contributed by atoms with Crippen molar-refractivity contribution in [3.05, 3.63) is 89.5 Å². The van der Waals surface area contributed by atoms with Crippen LogP contribution < -0.4 is 15.5 Å². The second kappa shape index (κ2) is 8.31. The highest BCUT2D eigenvalue weighted by Crippen LogP contribution is 2.33. The number of amides is 2. The van der Waals surface area contributed by atoms with E-state index in [1.807, 2.05) is 49.4 Å². The van der Waals surface area contributed by atoms with E-state index in [0.717, 1.165) is 34.6 Å². The van der Waals surface area contributed by atoms with E-state index in [2.05, 4.69) is 21.7 Å². The van der Waals surface area contributed by atoms with Crippen molar-refractivity contribution in [3.63, 3.8) is 0 Å². The number of aromatic nitrogens is 1. The lowest BCUT2D eigenvalue weighted by Crippen LogP contribution is -2.38. The third-order valence-electron chi connectivity index (χ3n) is 5.04. The molecule has 2 amide bonds. The minimum Gasteiger partial charge on any atom is -0.373 e. The lowest BCUT2D eigenvalue weighted by molar-refractivity contribution is 0.247. The molecule has 5 nitrogen and oxygen atoms in total. The van der Waals surface area contributed by atoms with Gasteiger partial charge in [0, 0.05) is 18.8 Å². The van der Waals surface area contributed by atoms with Crippen molar-refractivity contribution in [1.29, 1.82) is 0 Å². The lowest BCUT2D eigenvalue weighted by Gasteiger charge is -2.22. The molecule has 0 saturated carbocycles. The number of urea groups is 1. The number of hydrogen-bond donors (Lipinski definition) is 2. The SMILES string of the molecule is CCNC(=O)N1CCc2ccc(NC(c3ccccc3)c3ccc(F)cn3)cc21. The first-order valence-corrected chi connectivity index (χ1v) is 9.77. The van der Waals surface area contributed by atoms with E-state index in [1.165, 1.54) is 12.3 Å². The molecule has 1 unspecified atom stereocenters. The van der Waals surface area contributed by atoms with Crippen molar-refractivity contribution in [1.82, 2.24) is 10.3 Å². The molecule has 0 aliphatic carbocycles. The highest BCUT2D eigenvalue weighted by atomic mass is 19.1. The van der Waals surface area contributed by atoms with Crippen LogP contribution in [0.25, 0.3) is 0 Å². The van der Waals surface area contributed by atoms with Crippen LogP contribution in [-0.4, -0.2) is 24.1 Å². The zero-order valence-electron chi connectivity index (χ0n) is 16.2. The Labute approximate surface area is 169 Å². The average molecular weight is 390 g/mol. The molecule has 0 saturated heterocycles. The summed E-state index contributed by atoms with van der Waals surface area (Å²) >= 11 is 0. The highest BCUT2D eigenvalue weighted by Gasteiger charge is 2.25. The Balaban J connectivity index is 1.66. The zero-order chi connectivity index (χ0) is 20.2. The molecule has 0 fully saturated rings. The van der Waals surface area contributed by atoms with Crippen molar-refractivity contribution < 1.29 is 9.18 Å². The molecule has 2 N–H and O–H groups in total. The predicted molar refractivity (Wildman–Crippen MR) is 113 cm³/mol. The van der Waals surface area contributed by atoms with Gasteiger partial charge in [0.15, 0.2) is 0 Å². The molecule has 4 rings (SSSR count). The van der Waals surface area contributed by atoms with Gasteiger partial charge >= 0.3 is 6.03 Å². The first kappa shape index (κ1) is 18.9. The Morgan fingerprint density at radius 3 is 2.72 bits per heavy atom. The molecule has 29 heavy (non-hydrogen) atoms. The van der Waals surface area contributed by atoms with Gasteiger partial charge in [-0.25, -0.2) is 9.18 Å². The summed E-state index contributed by atoms with van der Waals surface area (Å²) in [6.07, 6.45) is 2.07. The zero-order valence-corrected chi connectivity index (χ0v) is 16.2. The maximum atomic E-state index is 13.4. The summed E-state index contributed by atoms with van der Waals surface area (Å²) < 4.78 is 13.4. The molecule has 0 spiro atoms. The van der Waals surface area contributed by atoms with Crippen LogP contribution in [-0.2, 0) is 6.42 Å². The van der Waals surface area contributed by atoms with E-state index in [-0.39, 0.29) is 17.9 Å². The molecule has 1 aliphatic heterocycles. The summed E-state index contributed by atoms with van der Waals surface area (Å²) in [5.74, 6) is -0.365. The Morgan fingerprint density at radius 1 is 1.17 bits per heavy atom. The summed E-state index contributed by atoms with van der Waals surface area (Å²) in [5, 5.41) is 6.38. The summed E-state index contributed by atoms with van der Waals surface area (Å²) in [6, 6.07) is 18.8. The van der Waals surface area contributed by atoms with Crippen LogP contribution in [0.1, 0.15) is 29.8 Å². The maximum Gasteiger partial charge on any atom is 0.321 e. The Kier molecular flexibility index (Phi) is 5.42. The van der Waals surface area contributed by atoms with Crippen LogP contribution in [0.4, 0.5) is 20.6 Å². The van der Waals surface area contributed by atoms with Crippen molar-refractivity contribution >= 4 is 17.4 Å². The number of hydrogen-bond acceptors (Lipinski definition) is 3. The average Bonchev–Trinajstić information content (AvgIpc) is 3.17. The summed E-state index contributed by atoms with van der Waals surface area (Å²) in [5.41, 5.74) is 4.68. The summed E-state index contributed by atoms with van der Waals surface area (Å²) in [4.78, 5) is 18.4. The minimum atomic E-state index is -0.365. The van der Waals surface area contributed by atoms with E-state index in [9.17, 15) is 9.18 Å². The molecule has 0 radical (unpaired) electrons. The second-order valence-electron chi connectivity index (χ2n) is 6.97.